The third kappa shape index (κ3) is 4.20. The van der Waals surface area contributed by atoms with Gasteiger partial charge >= 0.3 is 6.01 Å². The molecule has 112 valence electrons. The Morgan fingerprint density at radius 1 is 1.20 bits per heavy atom. The second-order valence-electron chi connectivity index (χ2n) is 5.64. The van der Waals surface area contributed by atoms with E-state index in [9.17, 15) is 0 Å². The molecule has 3 atom stereocenters. The van der Waals surface area contributed by atoms with Crippen molar-refractivity contribution in [2.45, 2.75) is 52.6 Å². The van der Waals surface area contributed by atoms with Crippen LogP contribution in [-0.2, 0) is 0 Å². The number of ether oxygens (including phenoxy) is 1. The molecule has 0 amide bonds. The summed E-state index contributed by atoms with van der Waals surface area (Å²) in [6.45, 7) is 7.46. The highest BCUT2D eigenvalue weighted by Crippen LogP contribution is 2.31. The summed E-state index contributed by atoms with van der Waals surface area (Å²) in [6, 6.07) is 0.329. The van der Waals surface area contributed by atoms with Crippen molar-refractivity contribution in [1.29, 1.82) is 0 Å². The summed E-state index contributed by atoms with van der Waals surface area (Å²) in [7, 11) is 0. The predicted octanol–water partition coefficient (Wildman–Crippen LogP) is 3.55. The van der Waals surface area contributed by atoms with Crippen LogP contribution >= 0.6 is 11.6 Å². The summed E-state index contributed by atoms with van der Waals surface area (Å²) in [4.78, 5) is 12.4. The molecule has 1 fully saturated rings. The van der Waals surface area contributed by atoms with E-state index >= 15 is 0 Å². The molecule has 2 rings (SSSR count). The quantitative estimate of drug-likeness (QED) is 0.901. The second kappa shape index (κ2) is 7.07. The molecule has 1 saturated carbocycles. The second-order valence-corrected chi connectivity index (χ2v) is 5.98. The zero-order chi connectivity index (χ0) is 14.5. The minimum atomic E-state index is 0.172. The molecule has 1 aliphatic rings. The fourth-order valence-corrected chi connectivity index (χ4v) is 2.61. The van der Waals surface area contributed by atoms with Gasteiger partial charge in [0.1, 0.15) is 6.10 Å². The third-order valence-electron chi connectivity index (χ3n) is 3.94. The first kappa shape index (κ1) is 15.3. The Morgan fingerprint density at radius 2 is 2.00 bits per heavy atom. The summed E-state index contributed by atoms with van der Waals surface area (Å²) >= 11 is 5.92. The molecule has 1 aliphatic carbocycles. The molecule has 0 bridgehead atoms. The van der Waals surface area contributed by atoms with Crippen LogP contribution in [0.2, 0.25) is 5.28 Å². The van der Waals surface area contributed by atoms with E-state index < -0.39 is 0 Å². The average Bonchev–Trinajstić information content (AvgIpc) is 2.40. The van der Waals surface area contributed by atoms with E-state index in [0.717, 1.165) is 31.7 Å². The topological polar surface area (TPSA) is 59.9 Å². The Morgan fingerprint density at radius 3 is 2.70 bits per heavy atom. The van der Waals surface area contributed by atoms with Gasteiger partial charge in [0.25, 0.3) is 0 Å². The van der Waals surface area contributed by atoms with Gasteiger partial charge in [-0.2, -0.15) is 15.0 Å². The number of hydrogen-bond donors (Lipinski definition) is 1. The van der Waals surface area contributed by atoms with Gasteiger partial charge in [0.05, 0.1) is 0 Å². The maximum Gasteiger partial charge on any atom is 0.322 e. The van der Waals surface area contributed by atoms with Gasteiger partial charge in [0.15, 0.2) is 0 Å². The fourth-order valence-electron chi connectivity index (χ4n) is 2.45. The largest absolute Gasteiger partial charge is 0.460 e. The lowest BCUT2D eigenvalue weighted by Crippen LogP contribution is -2.29. The lowest BCUT2D eigenvalue weighted by atomic mass is 9.80. The number of hydrogen-bond acceptors (Lipinski definition) is 5. The molecule has 1 aromatic rings. The average molecular weight is 299 g/mol. The van der Waals surface area contributed by atoms with E-state index in [1.165, 1.54) is 6.42 Å². The molecule has 3 unspecified atom stereocenters. The van der Waals surface area contributed by atoms with Crippen LogP contribution in [0.1, 0.15) is 46.5 Å². The first-order valence-electron chi connectivity index (χ1n) is 7.40. The summed E-state index contributed by atoms with van der Waals surface area (Å²) in [6.07, 6.45) is 4.45. The van der Waals surface area contributed by atoms with Crippen LogP contribution in [-0.4, -0.2) is 27.6 Å². The van der Waals surface area contributed by atoms with Crippen molar-refractivity contribution in [3.63, 3.8) is 0 Å². The number of anilines is 1. The number of nitrogens with zero attached hydrogens (tertiary/aromatic N) is 3. The lowest BCUT2D eigenvalue weighted by molar-refractivity contribution is 0.0918. The standard InChI is InChI=1S/C14H23ClN4O/c1-4-7-16-13-17-12(15)18-14(19-13)20-11-6-5-9(2)10(3)8-11/h9-11H,4-8H2,1-3H3,(H,16,17,18,19). The van der Waals surface area contributed by atoms with Crippen molar-refractivity contribution in [1.82, 2.24) is 15.0 Å². The molecule has 1 aromatic heterocycles. The summed E-state index contributed by atoms with van der Waals surface area (Å²) in [5.41, 5.74) is 0. The molecular formula is C14H23ClN4O. The van der Waals surface area contributed by atoms with Gasteiger partial charge in [0, 0.05) is 6.54 Å². The molecule has 20 heavy (non-hydrogen) atoms. The zero-order valence-electron chi connectivity index (χ0n) is 12.4. The van der Waals surface area contributed by atoms with E-state index in [1.807, 2.05) is 0 Å². The summed E-state index contributed by atoms with van der Waals surface area (Å²) < 4.78 is 5.89. The SMILES string of the molecule is CCCNc1nc(Cl)nc(OC2CCC(C)C(C)C2)n1. The van der Waals surface area contributed by atoms with E-state index in [1.54, 1.807) is 0 Å². The minimum absolute atomic E-state index is 0.172. The normalized spacial score (nSPS) is 26.3. The first-order chi connectivity index (χ1) is 9.58. The van der Waals surface area contributed by atoms with E-state index in [0.29, 0.717) is 17.9 Å². The van der Waals surface area contributed by atoms with Gasteiger partial charge < -0.3 is 10.1 Å². The van der Waals surface area contributed by atoms with Crippen LogP contribution in [0.4, 0.5) is 5.95 Å². The Bertz CT molecular complexity index is 443. The molecule has 6 heteroatoms. The van der Waals surface area contributed by atoms with Crippen molar-refractivity contribution < 1.29 is 4.74 Å². The van der Waals surface area contributed by atoms with Crippen LogP contribution < -0.4 is 10.1 Å². The molecule has 1 N–H and O–H groups in total. The Labute approximate surface area is 125 Å². The van der Waals surface area contributed by atoms with Crippen molar-refractivity contribution in [3.05, 3.63) is 5.28 Å². The fraction of sp³-hybridized carbons (Fsp3) is 0.786. The maximum atomic E-state index is 5.92. The van der Waals surface area contributed by atoms with Crippen LogP contribution in [0, 0.1) is 11.8 Å². The van der Waals surface area contributed by atoms with Gasteiger partial charge in [0.2, 0.25) is 11.2 Å². The molecular weight excluding hydrogens is 276 g/mol. The number of rotatable bonds is 5. The van der Waals surface area contributed by atoms with E-state index in [4.69, 9.17) is 16.3 Å². The van der Waals surface area contributed by atoms with Crippen molar-refractivity contribution in [2.75, 3.05) is 11.9 Å². The Balaban J connectivity index is 1.99. The predicted molar refractivity (Wildman–Crippen MR) is 80.2 cm³/mol. The van der Waals surface area contributed by atoms with Crippen molar-refractivity contribution in [2.24, 2.45) is 11.8 Å². The van der Waals surface area contributed by atoms with Gasteiger partial charge in [-0.1, -0.05) is 20.8 Å². The summed E-state index contributed by atoms with van der Waals surface area (Å²) in [5, 5.41) is 3.27. The highest BCUT2D eigenvalue weighted by Gasteiger charge is 2.26. The molecule has 0 radical (unpaired) electrons. The monoisotopic (exact) mass is 298 g/mol. The molecule has 5 nitrogen and oxygen atoms in total. The molecule has 1 heterocycles. The highest BCUT2D eigenvalue weighted by molar-refractivity contribution is 6.28. The first-order valence-corrected chi connectivity index (χ1v) is 7.78. The van der Waals surface area contributed by atoms with Crippen molar-refractivity contribution >= 4 is 17.5 Å². The number of aromatic nitrogens is 3. The maximum absolute atomic E-state index is 5.92. The molecule has 0 aromatic carbocycles. The Kier molecular flexibility index (Phi) is 5.40. The molecule has 0 spiro atoms. The third-order valence-corrected chi connectivity index (χ3v) is 4.11. The number of nitrogens with one attached hydrogen (secondary N) is 1. The Hall–Kier alpha value is -1.10. The van der Waals surface area contributed by atoms with Crippen LogP contribution in [0.15, 0.2) is 0 Å². The number of halogens is 1. The van der Waals surface area contributed by atoms with Crippen molar-refractivity contribution in [3.8, 4) is 6.01 Å². The van der Waals surface area contributed by atoms with Crippen LogP contribution in [0.5, 0.6) is 6.01 Å². The van der Waals surface area contributed by atoms with Gasteiger partial charge in [-0.15, -0.1) is 0 Å². The van der Waals surface area contributed by atoms with E-state index in [-0.39, 0.29) is 11.4 Å². The minimum Gasteiger partial charge on any atom is -0.460 e. The summed E-state index contributed by atoms with van der Waals surface area (Å²) in [5.74, 6) is 1.92. The van der Waals surface area contributed by atoms with E-state index in [2.05, 4.69) is 41.0 Å². The molecule has 0 aliphatic heterocycles. The van der Waals surface area contributed by atoms with Gasteiger partial charge in [-0.25, -0.2) is 0 Å². The smallest absolute Gasteiger partial charge is 0.322 e. The van der Waals surface area contributed by atoms with Crippen LogP contribution in [0.25, 0.3) is 0 Å². The zero-order valence-corrected chi connectivity index (χ0v) is 13.2. The highest BCUT2D eigenvalue weighted by atomic mass is 35.5. The molecule has 0 saturated heterocycles. The van der Waals surface area contributed by atoms with Gasteiger partial charge in [-0.05, 0) is 49.1 Å². The lowest BCUT2D eigenvalue weighted by Gasteiger charge is -2.31. The van der Waals surface area contributed by atoms with Gasteiger partial charge in [-0.3, -0.25) is 0 Å². The van der Waals surface area contributed by atoms with Crippen LogP contribution in [0.3, 0.4) is 0 Å².